The summed E-state index contributed by atoms with van der Waals surface area (Å²) in [5.41, 5.74) is 1.89. The van der Waals surface area contributed by atoms with Crippen LogP contribution < -0.4 is 0 Å². The van der Waals surface area contributed by atoms with Crippen LogP contribution in [-0.4, -0.2) is 29.5 Å². The van der Waals surface area contributed by atoms with E-state index in [4.69, 9.17) is 4.42 Å². The van der Waals surface area contributed by atoms with Gasteiger partial charge in [0, 0.05) is 23.9 Å². The minimum absolute atomic E-state index is 0.435. The van der Waals surface area contributed by atoms with E-state index in [0.29, 0.717) is 5.92 Å². The van der Waals surface area contributed by atoms with Crippen molar-refractivity contribution in [2.45, 2.75) is 25.2 Å². The number of nitrogens with zero attached hydrogens (tertiary/aromatic N) is 2. The molecule has 1 fully saturated rings. The molecule has 3 aromatic rings. The van der Waals surface area contributed by atoms with E-state index >= 15 is 0 Å². The van der Waals surface area contributed by atoms with Crippen LogP contribution in [0.5, 0.6) is 0 Å². The molecule has 1 aromatic carbocycles. The number of thiophene rings is 1. The lowest BCUT2D eigenvalue weighted by Gasteiger charge is -2.31. The number of benzene rings is 1. The molecule has 1 aliphatic heterocycles. The lowest BCUT2D eigenvalue weighted by molar-refractivity contribution is 0.197. The smallest absolute Gasteiger partial charge is 0.199 e. The highest BCUT2D eigenvalue weighted by Gasteiger charge is 2.25. The molecule has 4 heteroatoms. The van der Waals surface area contributed by atoms with Crippen molar-refractivity contribution < 1.29 is 4.42 Å². The zero-order valence-electron chi connectivity index (χ0n) is 12.6. The van der Waals surface area contributed by atoms with Gasteiger partial charge < -0.3 is 9.32 Å². The molecule has 0 spiro atoms. The second kappa shape index (κ2) is 6.23. The highest BCUT2D eigenvalue weighted by molar-refractivity contribution is 7.09. The van der Waals surface area contributed by atoms with Crippen LogP contribution in [0.15, 0.2) is 46.2 Å². The van der Waals surface area contributed by atoms with Crippen LogP contribution in [0.25, 0.3) is 11.1 Å². The minimum Gasteiger partial charge on any atom is -0.440 e. The molecular formula is C18H20N2OS. The fourth-order valence-electron chi connectivity index (χ4n) is 3.25. The van der Waals surface area contributed by atoms with Crippen molar-refractivity contribution in [3.05, 3.63) is 52.5 Å². The monoisotopic (exact) mass is 312 g/mol. The van der Waals surface area contributed by atoms with E-state index < -0.39 is 0 Å². The molecule has 0 aliphatic carbocycles. The number of fused-ring (bicyclic) bond motifs is 1. The predicted molar refractivity (Wildman–Crippen MR) is 90.4 cm³/mol. The van der Waals surface area contributed by atoms with Gasteiger partial charge in [-0.2, -0.15) is 0 Å². The largest absolute Gasteiger partial charge is 0.440 e. The van der Waals surface area contributed by atoms with Crippen LogP contribution in [0.2, 0.25) is 0 Å². The Morgan fingerprint density at radius 1 is 1.23 bits per heavy atom. The van der Waals surface area contributed by atoms with E-state index in [9.17, 15) is 0 Å². The highest BCUT2D eigenvalue weighted by atomic mass is 32.1. The first-order valence-electron chi connectivity index (χ1n) is 7.99. The first-order chi connectivity index (χ1) is 10.9. The maximum Gasteiger partial charge on any atom is 0.199 e. The first-order valence-corrected chi connectivity index (χ1v) is 8.87. The molecular weight excluding hydrogens is 292 g/mol. The summed E-state index contributed by atoms with van der Waals surface area (Å²) in [5, 5.41) is 2.16. The van der Waals surface area contributed by atoms with E-state index in [2.05, 4.69) is 27.4 Å². The molecule has 0 saturated carbocycles. The van der Waals surface area contributed by atoms with Crippen LogP contribution in [0.1, 0.15) is 29.5 Å². The zero-order valence-corrected chi connectivity index (χ0v) is 13.4. The second-order valence-corrected chi connectivity index (χ2v) is 7.02. The number of aromatic nitrogens is 1. The third kappa shape index (κ3) is 2.94. The van der Waals surface area contributed by atoms with Gasteiger partial charge in [0.15, 0.2) is 11.5 Å². The van der Waals surface area contributed by atoms with Crippen molar-refractivity contribution >= 4 is 22.4 Å². The third-order valence-electron chi connectivity index (χ3n) is 4.42. The lowest BCUT2D eigenvalue weighted by Crippen LogP contribution is -2.35. The van der Waals surface area contributed by atoms with Gasteiger partial charge in [0.05, 0.1) is 0 Å². The number of likely N-dealkylation sites (tertiary alicyclic amines) is 1. The van der Waals surface area contributed by atoms with E-state index in [0.717, 1.165) is 36.5 Å². The van der Waals surface area contributed by atoms with Crippen LogP contribution in [-0.2, 0) is 6.42 Å². The summed E-state index contributed by atoms with van der Waals surface area (Å²) in [6.45, 7) is 3.40. The molecule has 0 N–H and O–H groups in total. The Morgan fingerprint density at radius 2 is 2.18 bits per heavy atom. The van der Waals surface area contributed by atoms with Gasteiger partial charge in [-0.3, -0.25) is 0 Å². The Balaban J connectivity index is 1.43. The van der Waals surface area contributed by atoms with Crippen molar-refractivity contribution in [2.75, 3.05) is 19.6 Å². The molecule has 2 aromatic heterocycles. The topological polar surface area (TPSA) is 29.3 Å². The average molecular weight is 312 g/mol. The third-order valence-corrected chi connectivity index (χ3v) is 5.36. The SMILES string of the molecule is c1csc(CCN2CCC[C@H](c3nc4ccccc4o3)C2)c1. The molecule has 22 heavy (non-hydrogen) atoms. The molecule has 3 nitrogen and oxygen atoms in total. The Bertz CT molecular complexity index is 701. The molecule has 0 bridgehead atoms. The maximum absolute atomic E-state index is 5.97. The summed E-state index contributed by atoms with van der Waals surface area (Å²) in [4.78, 5) is 8.72. The molecule has 1 atom stereocenters. The Hall–Kier alpha value is -1.65. The molecule has 1 saturated heterocycles. The van der Waals surface area contributed by atoms with Gasteiger partial charge in [0.25, 0.3) is 0 Å². The van der Waals surface area contributed by atoms with Gasteiger partial charge in [-0.15, -0.1) is 11.3 Å². The Labute approximate surface area is 134 Å². The van der Waals surface area contributed by atoms with Crippen molar-refractivity contribution in [3.8, 4) is 0 Å². The number of hydrogen-bond acceptors (Lipinski definition) is 4. The molecule has 4 rings (SSSR count). The lowest BCUT2D eigenvalue weighted by atomic mass is 9.98. The fraction of sp³-hybridized carbons (Fsp3) is 0.389. The molecule has 1 aliphatic rings. The van der Waals surface area contributed by atoms with Crippen LogP contribution in [0.4, 0.5) is 0 Å². The van der Waals surface area contributed by atoms with Gasteiger partial charge in [-0.05, 0) is 49.4 Å². The fourth-order valence-corrected chi connectivity index (χ4v) is 3.95. The molecule has 0 unspecified atom stereocenters. The summed E-state index contributed by atoms with van der Waals surface area (Å²) in [6.07, 6.45) is 3.56. The molecule has 3 heterocycles. The summed E-state index contributed by atoms with van der Waals surface area (Å²) in [6, 6.07) is 12.4. The quantitative estimate of drug-likeness (QED) is 0.719. The normalized spacial score (nSPS) is 19.7. The summed E-state index contributed by atoms with van der Waals surface area (Å²) < 4.78 is 5.97. The first kappa shape index (κ1) is 14.0. The van der Waals surface area contributed by atoms with Crippen LogP contribution in [0, 0.1) is 0 Å². The maximum atomic E-state index is 5.97. The van der Waals surface area contributed by atoms with Gasteiger partial charge in [0.1, 0.15) is 5.52 Å². The summed E-state index contributed by atoms with van der Waals surface area (Å²) in [7, 11) is 0. The minimum atomic E-state index is 0.435. The number of oxazole rings is 1. The zero-order chi connectivity index (χ0) is 14.8. The average Bonchev–Trinajstić information content (AvgIpc) is 3.22. The van der Waals surface area contributed by atoms with Crippen molar-refractivity contribution in [1.82, 2.24) is 9.88 Å². The molecule has 114 valence electrons. The molecule has 0 amide bonds. The van der Waals surface area contributed by atoms with Gasteiger partial charge in [-0.1, -0.05) is 18.2 Å². The second-order valence-electron chi connectivity index (χ2n) is 5.99. The number of para-hydroxylation sites is 2. The van der Waals surface area contributed by atoms with Gasteiger partial charge >= 0.3 is 0 Å². The van der Waals surface area contributed by atoms with Gasteiger partial charge in [0.2, 0.25) is 0 Å². The van der Waals surface area contributed by atoms with E-state index in [1.807, 2.05) is 35.6 Å². The van der Waals surface area contributed by atoms with Crippen molar-refractivity contribution in [3.63, 3.8) is 0 Å². The number of hydrogen-bond donors (Lipinski definition) is 0. The van der Waals surface area contributed by atoms with E-state index in [1.54, 1.807) is 0 Å². The van der Waals surface area contributed by atoms with Crippen molar-refractivity contribution in [2.24, 2.45) is 0 Å². The number of piperidine rings is 1. The Kier molecular flexibility index (Phi) is 3.95. The van der Waals surface area contributed by atoms with Crippen LogP contribution >= 0.6 is 11.3 Å². The molecule has 0 radical (unpaired) electrons. The Morgan fingerprint density at radius 3 is 3.05 bits per heavy atom. The van der Waals surface area contributed by atoms with Crippen LogP contribution in [0.3, 0.4) is 0 Å². The predicted octanol–water partition coefficient (Wildman–Crippen LogP) is 4.31. The van der Waals surface area contributed by atoms with Crippen molar-refractivity contribution in [1.29, 1.82) is 0 Å². The summed E-state index contributed by atoms with van der Waals surface area (Å²) in [5.74, 6) is 1.35. The van der Waals surface area contributed by atoms with E-state index in [-0.39, 0.29) is 0 Å². The number of rotatable bonds is 4. The highest BCUT2D eigenvalue weighted by Crippen LogP contribution is 2.29. The summed E-state index contributed by atoms with van der Waals surface area (Å²) >= 11 is 1.85. The van der Waals surface area contributed by atoms with Gasteiger partial charge in [-0.25, -0.2) is 4.98 Å². The standard InChI is InChI=1S/C18H20N2OS/c1-2-8-17-16(7-1)19-18(21-17)14-5-3-10-20(13-14)11-9-15-6-4-12-22-15/h1-2,4,6-8,12,14H,3,5,9-11,13H2/t14-/m0/s1. The van der Waals surface area contributed by atoms with E-state index in [1.165, 1.54) is 24.3 Å².